The Kier molecular flexibility index (Phi) is 6.49. The standard InChI is InChI=1S/C20H27N3O4S/c1-4-6-10-21-15(24)11-23-12(3)22-18-17(19(23)25)16-13(20(26)27-5-2)8-7-9-14(16)28-18/h13H,4-11H2,1-3H3,(H,21,24). The fourth-order valence-electron chi connectivity index (χ4n) is 3.69. The van der Waals surface area contributed by atoms with E-state index in [2.05, 4.69) is 17.2 Å². The van der Waals surface area contributed by atoms with E-state index in [9.17, 15) is 14.4 Å². The van der Waals surface area contributed by atoms with Crippen molar-refractivity contribution < 1.29 is 14.3 Å². The maximum atomic E-state index is 13.3. The van der Waals surface area contributed by atoms with Crippen LogP contribution in [0, 0.1) is 6.92 Å². The van der Waals surface area contributed by atoms with E-state index in [-0.39, 0.29) is 24.0 Å². The number of amides is 1. The summed E-state index contributed by atoms with van der Waals surface area (Å²) in [4.78, 5) is 44.3. The van der Waals surface area contributed by atoms with Gasteiger partial charge in [0, 0.05) is 11.4 Å². The van der Waals surface area contributed by atoms with Crippen LogP contribution >= 0.6 is 11.3 Å². The smallest absolute Gasteiger partial charge is 0.313 e. The summed E-state index contributed by atoms with van der Waals surface area (Å²) in [6, 6.07) is 0. The summed E-state index contributed by atoms with van der Waals surface area (Å²) >= 11 is 1.48. The Morgan fingerprint density at radius 3 is 2.86 bits per heavy atom. The first-order valence-corrected chi connectivity index (χ1v) is 10.8. The van der Waals surface area contributed by atoms with Crippen LogP contribution in [0.25, 0.3) is 10.2 Å². The number of nitrogens with zero attached hydrogens (tertiary/aromatic N) is 2. The van der Waals surface area contributed by atoms with Crippen molar-refractivity contribution in [1.29, 1.82) is 0 Å². The minimum Gasteiger partial charge on any atom is -0.466 e. The molecule has 0 aromatic carbocycles. The maximum Gasteiger partial charge on any atom is 0.313 e. The third-order valence-corrected chi connectivity index (χ3v) is 6.25. The van der Waals surface area contributed by atoms with Crippen LogP contribution in [0.4, 0.5) is 0 Å². The molecule has 1 amide bonds. The van der Waals surface area contributed by atoms with Gasteiger partial charge >= 0.3 is 5.97 Å². The van der Waals surface area contributed by atoms with Gasteiger partial charge < -0.3 is 10.1 Å². The zero-order valence-corrected chi connectivity index (χ0v) is 17.5. The minimum atomic E-state index is -0.429. The number of carbonyl (C=O) groups is 2. The summed E-state index contributed by atoms with van der Waals surface area (Å²) in [5.41, 5.74) is 0.518. The molecule has 0 spiro atoms. The first-order chi connectivity index (χ1) is 13.5. The highest BCUT2D eigenvalue weighted by atomic mass is 32.1. The van der Waals surface area contributed by atoms with E-state index in [0.717, 1.165) is 36.1 Å². The molecule has 0 saturated heterocycles. The molecule has 0 aliphatic heterocycles. The van der Waals surface area contributed by atoms with E-state index in [1.54, 1.807) is 13.8 Å². The predicted octanol–water partition coefficient (Wildman–Crippen LogP) is 2.67. The van der Waals surface area contributed by atoms with Crippen molar-refractivity contribution in [2.45, 2.75) is 65.3 Å². The second-order valence-corrected chi connectivity index (χ2v) is 8.15. The molecule has 2 aromatic rings. The molecule has 2 heterocycles. The van der Waals surface area contributed by atoms with Gasteiger partial charge in [-0.05, 0) is 45.1 Å². The van der Waals surface area contributed by atoms with Crippen LogP contribution in [-0.4, -0.2) is 34.6 Å². The molecule has 2 aromatic heterocycles. The van der Waals surface area contributed by atoms with Crippen molar-refractivity contribution >= 4 is 33.4 Å². The summed E-state index contributed by atoms with van der Waals surface area (Å²) in [5, 5.41) is 3.31. The molecular weight excluding hydrogens is 378 g/mol. The molecule has 1 unspecified atom stereocenters. The van der Waals surface area contributed by atoms with Gasteiger partial charge in [-0.15, -0.1) is 11.3 Å². The number of esters is 1. The Balaban J connectivity index is 2.02. The lowest BCUT2D eigenvalue weighted by atomic mass is 9.86. The molecule has 1 aliphatic rings. The van der Waals surface area contributed by atoms with Gasteiger partial charge in [-0.3, -0.25) is 19.0 Å². The summed E-state index contributed by atoms with van der Waals surface area (Å²) < 4.78 is 6.65. The molecule has 152 valence electrons. The van der Waals surface area contributed by atoms with Gasteiger partial charge in [-0.2, -0.15) is 0 Å². The number of carbonyl (C=O) groups excluding carboxylic acids is 2. The number of nitrogens with one attached hydrogen (secondary N) is 1. The van der Waals surface area contributed by atoms with Crippen LogP contribution in [0.3, 0.4) is 0 Å². The van der Waals surface area contributed by atoms with Crippen LogP contribution in [-0.2, 0) is 27.3 Å². The van der Waals surface area contributed by atoms with Gasteiger partial charge in [0.1, 0.15) is 17.2 Å². The van der Waals surface area contributed by atoms with Crippen LogP contribution in [0.15, 0.2) is 4.79 Å². The van der Waals surface area contributed by atoms with Gasteiger partial charge in [0.25, 0.3) is 5.56 Å². The van der Waals surface area contributed by atoms with Gasteiger partial charge in [-0.25, -0.2) is 4.98 Å². The molecule has 8 heteroatoms. The molecule has 1 aliphatic carbocycles. The number of fused-ring (bicyclic) bond motifs is 3. The Labute approximate surface area is 168 Å². The number of rotatable bonds is 7. The molecule has 0 bridgehead atoms. The SMILES string of the molecule is CCCCNC(=O)Cn1c(C)nc2sc3c(c2c1=O)C(C(=O)OCC)CCC3. The van der Waals surface area contributed by atoms with E-state index < -0.39 is 5.92 Å². The van der Waals surface area contributed by atoms with Crippen molar-refractivity contribution in [2.24, 2.45) is 0 Å². The van der Waals surface area contributed by atoms with Crippen molar-refractivity contribution in [1.82, 2.24) is 14.9 Å². The monoisotopic (exact) mass is 405 g/mol. The molecule has 3 rings (SSSR count). The average Bonchev–Trinajstić information content (AvgIpc) is 3.03. The molecule has 1 N–H and O–H groups in total. The summed E-state index contributed by atoms with van der Waals surface area (Å²) in [7, 11) is 0. The highest BCUT2D eigenvalue weighted by Crippen LogP contribution is 2.41. The number of aromatic nitrogens is 2. The molecule has 0 fully saturated rings. The second kappa shape index (κ2) is 8.86. The van der Waals surface area contributed by atoms with E-state index in [4.69, 9.17) is 4.74 Å². The van der Waals surface area contributed by atoms with Crippen molar-refractivity contribution in [2.75, 3.05) is 13.2 Å². The normalized spacial score (nSPS) is 16.0. The molecule has 7 nitrogen and oxygen atoms in total. The molecule has 0 radical (unpaired) electrons. The van der Waals surface area contributed by atoms with E-state index >= 15 is 0 Å². The fourth-order valence-corrected chi connectivity index (χ4v) is 5.00. The average molecular weight is 406 g/mol. The van der Waals surface area contributed by atoms with Crippen molar-refractivity contribution in [3.8, 4) is 0 Å². The Morgan fingerprint density at radius 2 is 2.14 bits per heavy atom. The van der Waals surface area contributed by atoms with Gasteiger partial charge in [-0.1, -0.05) is 13.3 Å². The molecule has 28 heavy (non-hydrogen) atoms. The molecule has 0 saturated carbocycles. The summed E-state index contributed by atoms with van der Waals surface area (Å²) in [6.07, 6.45) is 4.28. The van der Waals surface area contributed by atoms with Gasteiger partial charge in [0.2, 0.25) is 5.91 Å². The quantitative estimate of drug-likeness (QED) is 0.565. The van der Waals surface area contributed by atoms with Gasteiger partial charge in [0.15, 0.2) is 0 Å². The largest absolute Gasteiger partial charge is 0.466 e. The Hall–Kier alpha value is -2.22. The lowest BCUT2D eigenvalue weighted by Crippen LogP contribution is -2.34. The second-order valence-electron chi connectivity index (χ2n) is 7.07. The predicted molar refractivity (Wildman–Crippen MR) is 109 cm³/mol. The Morgan fingerprint density at radius 1 is 1.36 bits per heavy atom. The van der Waals surface area contributed by atoms with E-state index in [1.807, 2.05) is 0 Å². The summed E-state index contributed by atoms with van der Waals surface area (Å²) in [5.74, 6) is -0.409. The fraction of sp³-hybridized carbons (Fsp3) is 0.600. The van der Waals surface area contributed by atoms with E-state index in [0.29, 0.717) is 35.6 Å². The molecular formula is C20H27N3O4S. The van der Waals surface area contributed by atoms with Crippen molar-refractivity contribution in [3.05, 3.63) is 26.6 Å². The minimum absolute atomic E-state index is 0.0635. The van der Waals surface area contributed by atoms with E-state index in [1.165, 1.54) is 15.9 Å². The number of hydrogen-bond acceptors (Lipinski definition) is 6. The lowest BCUT2D eigenvalue weighted by Gasteiger charge is -2.21. The molecule has 1 atom stereocenters. The van der Waals surface area contributed by atoms with Crippen molar-refractivity contribution in [3.63, 3.8) is 0 Å². The number of unbranched alkanes of at least 4 members (excludes halogenated alkanes) is 1. The number of hydrogen-bond donors (Lipinski definition) is 1. The highest BCUT2D eigenvalue weighted by molar-refractivity contribution is 7.18. The maximum absolute atomic E-state index is 13.3. The summed E-state index contributed by atoms with van der Waals surface area (Å²) in [6.45, 7) is 6.41. The topological polar surface area (TPSA) is 90.3 Å². The third kappa shape index (κ3) is 3.97. The van der Waals surface area contributed by atoms with Crippen LogP contribution in [0.1, 0.15) is 61.7 Å². The first-order valence-electron chi connectivity index (χ1n) is 9.93. The first kappa shape index (κ1) is 20.5. The Bertz CT molecular complexity index is 947. The third-order valence-electron chi connectivity index (χ3n) is 5.09. The van der Waals surface area contributed by atoms with Crippen LogP contribution < -0.4 is 10.9 Å². The zero-order chi connectivity index (χ0) is 20.3. The number of ether oxygens (including phenoxy) is 1. The van der Waals surface area contributed by atoms with Gasteiger partial charge in [0.05, 0.1) is 17.9 Å². The zero-order valence-electron chi connectivity index (χ0n) is 16.7. The van der Waals surface area contributed by atoms with Crippen LogP contribution in [0.2, 0.25) is 0 Å². The van der Waals surface area contributed by atoms with Crippen LogP contribution in [0.5, 0.6) is 0 Å². The lowest BCUT2D eigenvalue weighted by molar-refractivity contribution is -0.145. The highest BCUT2D eigenvalue weighted by Gasteiger charge is 2.33. The number of thiophene rings is 1. The number of aryl methyl sites for hydroxylation is 2.